The van der Waals surface area contributed by atoms with Crippen LogP contribution in [0.15, 0.2) is 64.6 Å². The van der Waals surface area contributed by atoms with Crippen molar-refractivity contribution in [3.8, 4) is 11.4 Å². The second-order valence-electron chi connectivity index (χ2n) is 7.95. The van der Waals surface area contributed by atoms with Gasteiger partial charge in [0.25, 0.3) is 0 Å². The van der Waals surface area contributed by atoms with Crippen molar-refractivity contribution in [3.63, 3.8) is 0 Å². The maximum Gasteiger partial charge on any atom is 0.243 e. The third-order valence-corrected chi connectivity index (χ3v) is 8.63. The number of benzene rings is 2. The minimum atomic E-state index is -3.67. The van der Waals surface area contributed by atoms with E-state index in [2.05, 4.69) is 10.2 Å². The molecule has 3 aromatic rings. The summed E-state index contributed by atoms with van der Waals surface area (Å²) >= 11 is 1.29. The summed E-state index contributed by atoms with van der Waals surface area (Å²) in [6, 6.07) is 16.4. The zero-order chi connectivity index (χ0) is 24.1. The number of hydrogen-bond acceptors (Lipinski definition) is 8. The maximum atomic E-state index is 13.2. The van der Waals surface area contributed by atoms with Gasteiger partial charge in [0.1, 0.15) is 0 Å². The Morgan fingerprint density at radius 1 is 1.09 bits per heavy atom. The van der Waals surface area contributed by atoms with Crippen LogP contribution >= 0.6 is 11.8 Å². The largest absolute Gasteiger partial charge is 0.394 e. The Kier molecular flexibility index (Phi) is 8.02. The minimum Gasteiger partial charge on any atom is -0.394 e. The molecule has 11 heteroatoms. The van der Waals surface area contributed by atoms with E-state index in [1.165, 1.54) is 16.1 Å². The summed E-state index contributed by atoms with van der Waals surface area (Å²) in [6.07, 6.45) is -0.882. The van der Waals surface area contributed by atoms with E-state index in [4.69, 9.17) is 4.74 Å². The van der Waals surface area contributed by atoms with E-state index in [1.807, 2.05) is 47.9 Å². The molecule has 1 aliphatic rings. The number of hydrogen-bond donors (Lipinski definition) is 2. The molecule has 9 nitrogen and oxygen atoms in total. The Morgan fingerprint density at radius 3 is 2.53 bits per heavy atom. The van der Waals surface area contributed by atoms with Crippen LogP contribution in [0.5, 0.6) is 0 Å². The maximum absolute atomic E-state index is 13.2. The van der Waals surface area contributed by atoms with Crippen molar-refractivity contribution in [1.82, 2.24) is 19.1 Å². The summed E-state index contributed by atoms with van der Waals surface area (Å²) in [5.74, 6) is 0.776. The van der Waals surface area contributed by atoms with Crippen LogP contribution in [0.4, 0.5) is 0 Å². The van der Waals surface area contributed by atoms with Gasteiger partial charge in [0, 0.05) is 24.4 Å². The van der Waals surface area contributed by atoms with Gasteiger partial charge in [-0.15, -0.1) is 10.2 Å². The first-order valence-electron chi connectivity index (χ1n) is 11.0. The molecule has 1 fully saturated rings. The molecule has 0 amide bonds. The van der Waals surface area contributed by atoms with Crippen molar-refractivity contribution in [2.45, 2.75) is 29.1 Å². The molecule has 1 saturated heterocycles. The van der Waals surface area contributed by atoms with Crippen LogP contribution in [0.3, 0.4) is 0 Å². The molecule has 2 N–H and O–H groups in total. The van der Waals surface area contributed by atoms with Gasteiger partial charge in [0.15, 0.2) is 11.0 Å². The van der Waals surface area contributed by atoms with E-state index in [9.17, 15) is 18.6 Å². The third kappa shape index (κ3) is 5.35. The number of morpholine rings is 1. The van der Waals surface area contributed by atoms with Crippen LogP contribution in [0, 0.1) is 0 Å². The van der Waals surface area contributed by atoms with E-state index < -0.39 is 16.1 Å². The normalized spacial score (nSPS) is 16.9. The smallest absolute Gasteiger partial charge is 0.243 e. The molecule has 1 aromatic heterocycles. The Bertz CT molecular complexity index is 1200. The molecule has 4 rings (SSSR count). The number of rotatable bonds is 9. The average Bonchev–Trinajstić information content (AvgIpc) is 3.32. The van der Waals surface area contributed by atoms with Crippen molar-refractivity contribution >= 4 is 21.8 Å². The lowest BCUT2D eigenvalue weighted by Gasteiger charge is -2.26. The number of aromatic nitrogens is 3. The van der Waals surface area contributed by atoms with Crippen LogP contribution in [-0.2, 0) is 14.8 Å². The van der Waals surface area contributed by atoms with Crippen molar-refractivity contribution in [2.24, 2.45) is 0 Å². The highest BCUT2D eigenvalue weighted by atomic mass is 32.2. The number of aliphatic hydroxyl groups excluding tert-OH is 2. The number of nitrogens with zero attached hydrogens (tertiary/aromatic N) is 4. The number of thioether (sulfide) groups is 1. The second-order valence-corrected chi connectivity index (χ2v) is 10.9. The monoisotopic (exact) mass is 504 g/mol. The van der Waals surface area contributed by atoms with E-state index >= 15 is 0 Å². The first-order valence-corrected chi connectivity index (χ1v) is 13.4. The fourth-order valence-electron chi connectivity index (χ4n) is 3.76. The molecule has 0 spiro atoms. The van der Waals surface area contributed by atoms with E-state index in [-0.39, 0.29) is 23.3 Å². The molecule has 2 aromatic carbocycles. The van der Waals surface area contributed by atoms with Crippen LogP contribution in [0.2, 0.25) is 0 Å². The van der Waals surface area contributed by atoms with Crippen molar-refractivity contribution in [2.75, 3.05) is 38.7 Å². The molecule has 2 atom stereocenters. The minimum absolute atomic E-state index is 0.153. The van der Waals surface area contributed by atoms with Gasteiger partial charge in [-0.2, -0.15) is 4.31 Å². The average molecular weight is 505 g/mol. The Balaban J connectivity index is 1.74. The van der Waals surface area contributed by atoms with Crippen LogP contribution in [0.25, 0.3) is 11.4 Å². The van der Waals surface area contributed by atoms with E-state index in [1.54, 1.807) is 18.2 Å². The molecule has 2 heterocycles. The van der Waals surface area contributed by atoms with E-state index in [0.717, 1.165) is 5.56 Å². The summed E-state index contributed by atoms with van der Waals surface area (Å²) in [5.41, 5.74) is 1.66. The molecular weight excluding hydrogens is 476 g/mol. The summed E-state index contributed by atoms with van der Waals surface area (Å²) in [4.78, 5) is 0.193. The Hall–Kier alpha value is -2.28. The van der Waals surface area contributed by atoms with E-state index in [0.29, 0.717) is 42.8 Å². The van der Waals surface area contributed by atoms with Gasteiger partial charge < -0.3 is 14.9 Å². The number of sulfonamides is 1. The summed E-state index contributed by atoms with van der Waals surface area (Å²) in [7, 11) is -3.67. The second kappa shape index (κ2) is 11.0. The molecule has 0 aliphatic carbocycles. The predicted molar refractivity (Wildman–Crippen MR) is 129 cm³/mol. The quantitative estimate of drug-likeness (QED) is 0.425. The SMILES string of the molecule is CC(c1ccccc1)n1c(SCC(O)CO)nnc1-c1cccc(S(=O)(=O)N2CCOCC2)c1. The van der Waals surface area contributed by atoms with Gasteiger partial charge in [-0.3, -0.25) is 4.57 Å². The molecule has 0 saturated carbocycles. The molecular formula is C23H28N4O5S2. The van der Waals surface area contributed by atoms with Crippen LogP contribution < -0.4 is 0 Å². The van der Waals surface area contributed by atoms with Gasteiger partial charge in [-0.05, 0) is 24.6 Å². The summed E-state index contributed by atoms with van der Waals surface area (Å²) in [5, 5.41) is 28.3. The third-order valence-electron chi connectivity index (χ3n) is 5.65. The zero-order valence-corrected chi connectivity index (χ0v) is 20.5. The molecule has 2 unspecified atom stereocenters. The molecule has 0 radical (unpaired) electrons. The van der Waals surface area contributed by atoms with Gasteiger partial charge in [0.2, 0.25) is 10.0 Å². The summed E-state index contributed by atoms with van der Waals surface area (Å²) < 4.78 is 35.1. The van der Waals surface area contributed by atoms with Crippen molar-refractivity contribution in [1.29, 1.82) is 0 Å². The standard InChI is InChI=1S/C23H28N4O5S2/c1-17(18-6-3-2-4-7-18)27-22(24-25-23(27)33-16-20(29)15-28)19-8-5-9-21(14-19)34(30,31)26-10-12-32-13-11-26/h2-9,14,17,20,28-29H,10-13,15-16H2,1H3. The first kappa shape index (κ1) is 24.8. The highest BCUT2D eigenvalue weighted by molar-refractivity contribution is 7.99. The lowest BCUT2D eigenvalue weighted by Crippen LogP contribution is -2.40. The van der Waals surface area contributed by atoms with Crippen molar-refractivity contribution in [3.05, 3.63) is 60.2 Å². The molecule has 1 aliphatic heterocycles. The fraction of sp³-hybridized carbons (Fsp3) is 0.391. The van der Waals surface area contributed by atoms with Crippen LogP contribution in [-0.4, -0.2) is 82.5 Å². The van der Waals surface area contributed by atoms with Gasteiger partial charge in [0.05, 0.1) is 36.9 Å². The van der Waals surface area contributed by atoms with Crippen LogP contribution in [0.1, 0.15) is 18.5 Å². The van der Waals surface area contributed by atoms with Gasteiger partial charge in [-0.25, -0.2) is 8.42 Å². The lowest BCUT2D eigenvalue weighted by atomic mass is 10.1. The molecule has 34 heavy (non-hydrogen) atoms. The number of aliphatic hydroxyl groups is 2. The Labute approximate surface area is 203 Å². The number of ether oxygens (including phenoxy) is 1. The summed E-state index contributed by atoms with van der Waals surface area (Å²) in [6.45, 7) is 3.07. The fourth-order valence-corrected chi connectivity index (χ4v) is 6.14. The van der Waals surface area contributed by atoms with Crippen molar-refractivity contribution < 1.29 is 23.4 Å². The highest BCUT2D eigenvalue weighted by Crippen LogP contribution is 2.32. The lowest BCUT2D eigenvalue weighted by molar-refractivity contribution is 0.0730. The molecule has 0 bridgehead atoms. The zero-order valence-electron chi connectivity index (χ0n) is 18.8. The highest BCUT2D eigenvalue weighted by Gasteiger charge is 2.28. The van der Waals surface area contributed by atoms with Gasteiger partial charge >= 0.3 is 0 Å². The molecule has 182 valence electrons. The first-order chi connectivity index (χ1) is 16.4. The Morgan fingerprint density at radius 2 is 1.82 bits per heavy atom. The van der Waals surface area contributed by atoms with Gasteiger partial charge in [-0.1, -0.05) is 54.2 Å². The topological polar surface area (TPSA) is 118 Å². The predicted octanol–water partition coefficient (Wildman–Crippen LogP) is 2.02.